The van der Waals surface area contributed by atoms with E-state index in [9.17, 15) is 17.6 Å². The highest BCUT2D eigenvalue weighted by Gasteiger charge is 2.71. The Hall–Kier alpha value is -1.74. The molecule has 0 bridgehead atoms. The number of carbonyl (C=O) groups is 1. The Morgan fingerprint density at radius 1 is 1.39 bits per heavy atom. The maximum absolute atomic E-state index is 12.8. The lowest BCUT2D eigenvalue weighted by Crippen LogP contribution is -2.14. The van der Waals surface area contributed by atoms with Gasteiger partial charge >= 0.3 is 0 Å². The van der Waals surface area contributed by atoms with Crippen LogP contribution >= 0.6 is 0 Å². The summed E-state index contributed by atoms with van der Waals surface area (Å²) in [5, 5.41) is 8.01. The van der Waals surface area contributed by atoms with Crippen molar-refractivity contribution in [2.75, 3.05) is 6.26 Å². The standard InChI is InChI=1S/C12H10FNO3S/c1-18(16,17)11-10(12(11,6-14)7-15)8-2-4-9(13)5-3-8/h2-5,7,10-11H,1H3/t10-,11+,12-/m0/s1. The lowest BCUT2D eigenvalue weighted by Gasteiger charge is -1.99. The van der Waals surface area contributed by atoms with E-state index in [1.165, 1.54) is 24.3 Å². The molecule has 0 aromatic heterocycles. The van der Waals surface area contributed by atoms with E-state index in [1.54, 1.807) is 6.07 Å². The van der Waals surface area contributed by atoms with Crippen molar-refractivity contribution in [2.45, 2.75) is 11.2 Å². The molecular weight excluding hydrogens is 257 g/mol. The zero-order chi connectivity index (χ0) is 13.6. The number of sulfone groups is 1. The fraction of sp³-hybridized carbons (Fsp3) is 0.333. The molecule has 6 heteroatoms. The zero-order valence-corrected chi connectivity index (χ0v) is 10.3. The molecule has 0 spiro atoms. The van der Waals surface area contributed by atoms with Crippen LogP contribution in [0.4, 0.5) is 4.39 Å². The molecule has 0 saturated heterocycles. The molecule has 1 aliphatic carbocycles. The van der Waals surface area contributed by atoms with Crippen molar-refractivity contribution in [3.8, 4) is 6.07 Å². The van der Waals surface area contributed by atoms with Crippen molar-refractivity contribution in [2.24, 2.45) is 5.41 Å². The van der Waals surface area contributed by atoms with Gasteiger partial charge in [0.05, 0.1) is 11.3 Å². The fourth-order valence-electron chi connectivity index (χ4n) is 2.40. The third-order valence-electron chi connectivity index (χ3n) is 3.26. The van der Waals surface area contributed by atoms with E-state index >= 15 is 0 Å². The Labute approximate surface area is 104 Å². The molecular formula is C12H10FNO3S. The number of nitriles is 1. The predicted molar refractivity (Wildman–Crippen MR) is 61.9 cm³/mol. The Balaban J connectivity index is 2.49. The summed E-state index contributed by atoms with van der Waals surface area (Å²) >= 11 is 0. The van der Waals surface area contributed by atoms with E-state index in [2.05, 4.69) is 0 Å². The largest absolute Gasteiger partial charge is 0.302 e. The molecule has 1 aromatic rings. The van der Waals surface area contributed by atoms with E-state index < -0.39 is 32.2 Å². The number of nitrogens with zero attached hydrogens (tertiary/aromatic N) is 1. The second-order valence-corrected chi connectivity index (χ2v) is 6.61. The lowest BCUT2D eigenvalue weighted by atomic mass is 10.0. The van der Waals surface area contributed by atoms with E-state index in [4.69, 9.17) is 5.26 Å². The van der Waals surface area contributed by atoms with Gasteiger partial charge < -0.3 is 4.79 Å². The van der Waals surface area contributed by atoms with E-state index in [-0.39, 0.29) is 0 Å². The van der Waals surface area contributed by atoms with Crippen molar-refractivity contribution in [1.82, 2.24) is 0 Å². The van der Waals surface area contributed by atoms with Gasteiger partial charge in [-0.2, -0.15) is 5.26 Å². The quantitative estimate of drug-likeness (QED) is 0.767. The third-order valence-corrected chi connectivity index (χ3v) is 4.84. The molecule has 18 heavy (non-hydrogen) atoms. The van der Waals surface area contributed by atoms with Crippen LogP contribution in [0.25, 0.3) is 0 Å². The Bertz CT molecular complexity index is 632. The fourth-order valence-corrected chi connectivity index (χ4v) is 4.16. The number of hydrogen-bond donors (Lipinski definition) is 0. The smallest absolute Gasteiger partial charge is 0.153 e. The normalized spacial score (nSPS) is 30.5. The van der Waals surface area contributed by atoms with Crippen LogP contribution in [-0.4, -0.2) is 26.2 Å². The number of rotatable bonds is 3. The minimum absolute atomic E-state index is 0.382. The molecule has 94 valence electrons. The Morgan fingerprint density at radius 2 is 1.94 bits per heavy atom. The SMILES string of the molecule is CS(=O)(=O)[C@@H]1[C@H](c2ccc(F)cc2)[C@]1(C#N)C=O. The van der Waals surface area contributed by atoms with Crippen LogP contribution in [0.2, 0.25) is 0 Å². The molecule has 0 heterocycles. The van der Waals surface area contributed by atoms with Crippen molar-refractivity contribution in [1.29, 1.82) is 5.26 Å². The highest BCUT2D eigenvalue weighted by molar-refractivity contribution is 7.91. The summed E-state index contributed by atoms with van der Waals surface area (Å²) in [5.41, 5.74) is -1.05. The van der Waals surface area contributed by atoms with Crippen LogP contribution in [-0.2, 0) is 14.6 Å². The van der Waals surface area contributed by atoms with Gasteiger partial charge in [-0.3, -0.25) is 0 Å². The van der Waals surface area contributed by atoms with Crippen LogP contribution < -0.4 is 0 Å². The first-order valence-electron chi connectivity index (χ1n) is 5.18. The first-order chi connectivity index (χ1) is 8.36. The maximum Gasteiger partial charge on any atom is 0.153 e. The summed E-state index contributed by atoms with van der Waals surface area (Å²) in [7, 11) is -3.52. The molecule has 0 radical (unpaired) electrons. The van der Waals surface area contributed by atoms with Gasteiger partial charge in [0.15, 0.2) is 9.84 Å². The summed E-state index contributed by atoms with van der Waals surface area (Å²) in [6, 6.07) is 6.95. The van der Waals surface area contributed by atoms with Gasteiger partial charge in [0.2, 0.25) is 0 Å². The molecule has 0 N–H and O–H groups in total. The molecule has 1 aliphatic rings. The van der Waals surface area contributed by atoms with Crippen LogP contribution in [0, 0.1) is 22.6 Å². The van der Waals surface area contributed by atoms with Crippen LogP contribution in [0.3, 0.4) is 0 Å². The van der Waals surface area contributed by atoms with Crippen molar-refractivity contribution >= 4 is 16.1 Å². The molecule has 1 saturated carbocycles. The number of benzene rings is 1. The van der Waals surface area contributed by atoms with Gasteiger partial charge in [-0.1, -0.05) is 12.1 Å². The molecule has 1 fully saturated rings. The third kappa shape index (κ3) is 1.71. The summed E-state index contributed by atoms with van der Waals surface area (Å²) in [6.45, 7) is 0. The first-order valence-corrected chi connectivity index (χ1v) is 7.14. The summed E-state index contributed by atoms with van der Waals surface area (Å²) in [5.74, 6) is -1.17. The van der Waals surface area contributed by atoms with Crippen LogP contribution in [0.5, 0.6) is 0 Å². The van der Waals surface area contributed by atoms with Crippen LogP contribution in [0.15, 0.2) is 24.3 Å². The monoisotopic (exact) mass is 267 g/mol. The van der Waals surface area contributed by atoms with Gasteiger partial charge in [0, 0.05) is 12.2 Å². The molecule has 3 atom stereocenters. The lowest BCUT2D eigenvalue weighted by molar-refractivity contribution is -0.110. The average molecular weight is 267 g/mol. The van der Waals surface area contributed by atoms with E-state index in [0.717, 1.165) is 6.26 Å². The average Bonchev–Trinajstić information content (AvgIpc) is 3.00. The van der Waals surface area contributed by atoms with Crippen molar-refractivity contribution < 1.29 is 17.6 Å². The number of carbonyl (C=O) groups excluding carboxylic acids is 1. The van der Waals surface area contributed by atoms with Gasteiger partial charge in [-0.25, -0.2) is 12.8 Å². The summed E-state index contributed by atoms with van der Waals surface area (Å²) < 4.78 is 36.0. The molecule has 1 aromatic carbocycles. The molecule has 0 amide bonds. The first kappa shape index (κ1) is 12.7. The second kappa shape index (κ2) is 3.89. The molecule has 4 nitrogen and oxygen atoms in total. The van der Waals surface area contributed by atoms with Gasteiger partial charge in [-0.15, -0.1) is 0 Å². The highest BCUT2D eigenvalue weighted by atomic mass is 32.2. The highest BCUT2D eigenvalue weighted by Crippen LogP contribution is 2.61. The van der Waals surface area contributed by atoms with E-state index in [1.807, 2.05) is 0 Å². The minimum Gasteiger partial charge on any atom is -0.302 e. The van der Waals surface area contributed by atoms with Gasteiger partial charge in [0.25, 0.3) is 0 Å². The maximum atomic E-state index is 12.8. The minimum atomic E-state index is -3.52. The Morgan fingerprint density at radius 3 is 2.28 bits per heavy atom. The molecule has 0 unspecified atom stereocenters. The zero-order valence-electron chi connectivity index (χ0n) is 9.50. The summed E-state index contributed by atoms with van der Waals surface area (Å²) in [6.07, 6.45) is 1.38. The van der Waals surface area contributed by atoms with Crippen molar-refractivity contribution in [3.05, 3.63) is 35.6 Å². The topological polar surface area (TPSA) is 75.0 Å². The van der Waals surface area contributed by atoms with Gasteiger partial charge in [-0.05, 0) is 17.7 Å². The van der Waals surface area contributed by atoms with Gasteiger partial charge in [0.1, 0.15) is 17.5 Å². The number of hydrogen-bond acceptors (Lipinski definition) is 4. The number of aldehydes is 1. The molecule has 2 rings (SSSR count). The number of halogens is 1. The Kier molecular flexibility index (Phi) is 2.74. The predicted octanol–water partition coefficient (Wildman–Crippen LogP) is 1.04. The molecule has 0 aliphatic heterocycles. The van der Waals surface area contributed by atoms with E-state index in [0.29, 0.717) is 11.8 Å². The van der Waals surface area contributed by atoms with Crippen LogP contribution in [0.1, 0.15) is 11.5 Å². The van der Waals surface area contributed by atoms with Crippen molar-refractivity contribution in [3.63, 3.8) is 0 Å². The second-order valence-electron chi connectivity index (χ2n) is 4.44. The summed E-state index contributed by atoms with van der Waals surface area (Å²) in [4.78, 5) is 11.1.